The number of carbonyl (C=O) groups is 2. The van der Waals surface area contributed by atoms with Gasteiger partial charge in [0.15, 0.2) is 11.6 Å². The van der Waals surface area contributed by atoms with Crippen LogP contribution in [0, 0.1) is 11.3 Å². The second kappa shape index (κ2) is 6.60. The van der Waals surface area contributed by atoms with E-state index in [1.165, 1.54) is 24.5 Å². The number of nitrogens with two attached hydrogens (primary N) is 1. The van der Waals surface area contributed by atoms with E-state index in [2.05, 4.69) is 15.3 Å². The van der Waals surface area contributed by atoms with Crippen molar-refractivity contribution in [1.29, 1.82) is 5.26 Å². The van der Waals surface area contributed by atoms with E-state index in [0.717, 1.165) is 11.0 Å². The maximum atomic E-state index is 12.0. The van der Waals surface area contributed by atoms with Crippen molar-refractivity contribution in [3.8, 4) is 16.8 Å². The Labute approximate surface area is 130 Å². The molecule has 110 valence electrons. The average Bonchev–Trinajstić information content (AvgIpc) is 3.00. The lowest BCUT2D eigenvalue weighted by Crippen LogP contribution is -2.17. The Bertz CT molecular complexity index is 790. The summed E-state index contributed by atoms with van der Waals surface area (Å²) < 4.78 is 0. The summed E-state index contributed by atoms with van der Waals surface area (Å²) in [5.74, 6) is -0.801. The quantitative estimate of drug-likeness (QED) is 0.827. The fourth-order valence-electron chi connectivity index (χ4n) is 1.57. The Kier molecular flexibility index (Phi) is 4.60. The summed E-state index contributed by atoms with van der Waals surface area (Å²) in [6.45, 7) is 1.44. The number of rotatable bonds is 4. The smallest absolute Gasteiger partial charge is 0.252 e. The topological polar surface area (TPSA) is 122 Å². The van der Waals surface area contributed by atoms with E-state index in [0.29, 0.717) is 5.82 Å². The lowest BCUT2D eigenvalue weighted by atomic mass is 10.2. The van der Waals surface area contributed by atoms with E-state index in [9.17, 15) is 9.59 Å². The summed E-state index contributed by atoms with van der Waals surface area (Å²) in [4.78, 5) is 31.8. The fourth-order valence-corrected chi connectivity index (χ4v) is 2.23. The van der Waals surface area contributed by atoms with Crippen molar-refractivity contribution >= 4 is 29.0 Å². The number of nitrogens with one attached hydrogen (secondary N) is 1. The van der Waals surface area contributed by atoms with Gasteiger partial charge in [-0.1, -0.05) is 6.07 Å². The first-order chi connectivity index (χ1) is 10.5. The van der Waals surface area contributed by atoms with Gasteiger partial charge in [0.05, 0.1) is 11.1 Å². The van der Waals surface area contributed by atoms with Crippen LogP contribution in [0.5, 0.6) is 0 Å². The number of hydrogen-bond acceptors (Lipinski definition) is 6. The second-order valence-electron chi connectivity index (χ2n) is 4.23. The Morgan fingerprint density at radius 2 is 2.27 bits per heavy atom. The molecule has 0 spiro atoms. The van der Waals surface area contributed by atoms with Gasteiger partial charge in [0, 0.05) is 11.6 Å². The number of anilines is 1. The van der Waals surface area contributed by atoms with Crippen LogP contribution in [0.1, 0.15) is 12.5 Å². The summed E-state index contributed by atoms with van der Waals surface area (Å²) in [5.41, 5.74) is 5.24. The number of aromatic nitrogens is 2. The number of nitriles is 1. The number of carbonyl (C=O) groups excluding carboxylic acids is 2. The maximum absolute atomic E-state index is 12.0. The monoisotopic (exact) mass is 313 g/mol. The molecule has 0 radical (unpaired) electrons. The van der Waals surface area contributed by atoms with Crippen LogP contribution in [0.2, 0.25) is 0 Å². The third kappa shape index (κ3) is 3.53. The number of thiophene rings is 1. The zero-order chi connectivity index (χ0) is 16.1. The SMILES string of the molecule is C/C(=C/C(N)=O)C(=O)Nc1nc(-c2cccs2)ncc1C#N. The molecular weight excluding hydrogens is 302 g/mol. The van der Waals surface area contributed by atoms with E-state index in [-0.39, 0.29) is 17.0 Å². The minimum atomic E-state index is -0.727. The zero-order valence-corrected chi connectivity index (χ0v) is 12.3. The molecule has 0 aliphatic carbocycles. The van der Waals surface area contributed by atoms with Gasteiger partial charge in [0.25, 0.3) is 5.91 Å². The molecule has 0 aliphatic heterocycles. The van der Waals surface area contributed by atoms with Gasteiger partial charge in [-0.2, -0.15) is 5.26 Å². The minimum Gasteiger partial charge on any atom is -0.366 e. The normalized spacial score (nSPS) is 10.8. The van der Waals surface area contributed by atoms with E-state index in [1.807, 2.05) is 23.6 Å². The zero-order valence-electron chi connectivity index (χ0n) is 11.5. The summed E-state index contributed by atoms with van der Waals surface area (Å²) in [5, 5.41) is 13.4. The van der Waals surface area contributed by atoms with Gasteiger partial charge in [-0.15, -0.1) is 11.3 Å². The molecule has 2 heterocycles. The van der Waals surface area contributed by atoms with Crippen molar-refractivity contribution in [3.63, 3.8) is 0 Å². The second-order valence-corrected chi connectivity index (χ2v) is 5.18. The van der Waals surface area contributed by atoms with Crippen molar-refractivity contribution in [1.82, 2.24) is 9.97 Å². The highest BCUT2D eigenvalue weighted by atomic mass is 32.1. The molecule has 0 bridgehead atoms. The van der Waals surface area contributed by atoms with Gasteiger partial charge in [0.1, 0.15) is 11.6 Å². The summed E-state index contributed by atoms with van der Waals surface area (Å²) in [6, 6.07) is 5.58. The van der Waals surface area contributed by atoms with Gasteiger partial charge in [-0.3, -0.25) is 9.59 Å². The molecule has 2 rings (SSSR count). The Morgan fingerprint density at radius 1 is 1.50 bits per heavy atom. The van der Waals surface area contributed by atoms with Crippen LogP contribution in [0.15, 0.2) is 35.4 Å². The summed E-state index contributed by atoms with van der Waals surface area (Å²) in [6.07, 6.45) is 2.34. The highest BCUT2D eigenvalue weighted by molar-refractivity contribution is 7.13. The van der Waals surface area contributed by atoms with Gasteiger partial charge >= 0.3 is 0 Å². The Balaban J connectivity index is 2.33. The Hall–Kier alpha value is -3.05. The molecule has 22 heavy (non-hydrogen) atoms. The van der Waals surface area contributed by atoms with E-state index >= 15 is 0 Å². The van der Waals surface area contributed by atoms with Crippen molar-refractivity contribution in [2.75, 3.05) is 5.32 Å². The highest BCUT2D eigenvalue weighted by Gasteiger charge is 2.13. The van der Waals surface area contributed by atoms with Crippen molar-refractivity contribution < 1.29 is 9.59 Å². The van der Waals surface area contributed by atoms with Crippen LogP contribution in [0.25, 0.3) is 10.7 Å². The predicted octanol–water partition coefficient (Wildman–Crippen LogP) is 1.45. The van der Waals surface area contributed by atoms with E-state index in [4.69, 9.17) is 11.0 Å². The lowest BCUT2D eigenvalue weighted by Gasteiger charge is -2.07. The number of nitrogens with zero attached hydrogens (tertiary/aromatic N) is 3. The summed E-state index contributed by atoms with van der Waals surface area (Å²) >= 11 is 1.44. The standard InChI is InChI=1S/C14H11N5O2S/c1-8(5-11(16)20)14(21)19-12-9(6-15)7-17-13(18-12)10-3-2-4-22-10/h2-5,7H,1H3,(H2,16,20)(H,17,18,19,21)/b8-5-. The molecule has 8 heteroatoms. The maximum Gasteiger partial charge on any atom is 0.252 e. The third-order valence-corrected chi connectivity index (χ3v) is 3.47. The van der Waals surface area contributed by atoms with Crippen molar-refractivity contribution in [3.05, 3.63) is 40.9 Å². The first kappa shape index (κ1) is 15.3. The molecule has 2 aromatic heterocycles. The van der Waals surface area contributed by atoms with Crippen molar-refractivity contribution in [2.24, 2.45) is 5.73 Å². The van der Waals surface area contributed by atoms with Crippen LogP contribution in [-0.2, 0) is 9.59 Å². The van der Waals surface area contributed by atoms with Gasteiger partial charge in [-0.25, -0.2) is 9.97 Å². The molecule has 3 N–H and O–H groups in total. The van der Waals surface area contributed by atoms with Gasteiger partial charge in [0.2, 0.25) is 5.91 Å². The largest absolute Gasteiger partial charge is 0.366 e. The number of amides is 2. The van der Waals surface area contributed by atoms with Crippen LogP contribution >= 0.6 is 11.3 Å². The molecule has 0 atom stereocenters. The molecule has 0 saturated carbocycles. The van der Waals surface area contributed by atoms with Crippen LogP contribution in [0.3, 0.4) is 0 Å². The first-order valence-electron chi connectivity index (χ1n) is 6.11. The van der Waals surface area contributed by atoms with Crippen molar-refractivity contribution in [2.45, 2.75) is 6.92 Å². The van der Waals surface area contributed by atoms with Gasteiger partial charge < -0.3 is 11.1 Å². The molecule has 0 aliphatic rings. The minimum absolute atomic E-state index is 0.0862. The number of primary amides is 1. The van der Waals surface area contributed by atoms with E-state index in [1.54, 1.807) is 0 Å². The Morgan fingerprint density at radius 3 is 2.86 bits per heavy atom. The highest BCUT2D eigenvalue weighted by Crippen LogP contribution is 2.23. The fraction of sp³-hybridized carbons (Fsp3) is 0.0714. The van der Waals surface area contributed by atoms with Crippen LogP contribution < -0.4 is 11.1 Å². The lowest BCUT2D eigenvalue weighted by molar-refractivity contribution is -0.115. The molecule has 7 nitrogen and oxygen atoms in total. The van der Waals surface area contributed by atoms with Gasteiger partial charge in [-0.05, 0) is 18.4 Å². The molecule has 0 fully saturated rings. The third-order valence-electron chi connectivity index (χ3n) is 2.60. The molecule has 0 saturated heterocycles. The molecule has 2 aromatic rings. The van der Waals surface area contributed by atoms with Crippen LogP contribution in [-0.4, -0.2) is 21.8 Å². The molecule has 2 amide bonds. The first-order valence-corrected chi connectivity index (χ1v) is 6.99. The summed E-state index contributed by atoms with van der Waals surface area (Å²) in [7, 11) is 0. The molecular formula is C14H11N5O2S. The van der Waals surface area contributed by atoms with E-state index < -0.39 is 11.8 Å². The number of hydrogen-bond donors (Lipinski definition) is 2. The molecule has 0 unspecified atom stereocenters. The average molecular weight is 313 g/mol. The predicted molar refractivity (Wildman–Crippen MR) is 81.6 cm³/mol. The molecule has 0 aromatic carbocycles. The van der Waals surface area contributed by atoms with Crippen LogP contribution in [0.4, 0.5) is 5.82 Å².